The van der Waals surface area contributed by atoms with Crippen LogP contribution in [-0.2, 0) is 4.74 Å². The van der Waals surface area contributed by atoms with Crippen molar-refractivity contribution in [2.24, 2.45) is 0 Å². The predicted molar refractivity (Wildman–Crippen MR) is 104 cm³/mol. The van der Waals surface area contributed by atoms with Gasteiger partial charge in [-0.25, -0.2) is 0 Å². The van der Waals surface area contributed by atoms with Gasteiger partial charge in [-0.15, -0.1) is 0 Å². The van der Waals surface area contributed by atoms with Crippen LogP contribution in [-0.4, -0.2) is 30.8 Å². The van der Waals surface area contributed by atoms with Crippen molar-refractivity contribution >= 4 is 40.5 Å². The number of nitrogens with one attached hydrogen (secondary N) is 2. The lowest BCUT2D eigenvalue weighted by molar-refractivity contribution is 0.0977. The van der Waals surface area contributed by atoms with Crippen LogP contribution in [0.2, 0.25) is 5.02 Å². The lowest BCUT2D eigenvalue weighted by Gasteiger charge is -2.14. The number of rotatable bonds is 7. The number of hydrogen-bond donors (Lipinski definition) is 2. The van der Waals surface area contributed by atoms with Crippen LogP contribution in [0.25, 0.3) is 0 Å². The molecule has 0 aliphatic heterocycles. The van der Waals surface area contributed by atoms with Crippen LogP contribution in [0.1, 0.15) is 17.3 Å². The average molecular weight is 379 g/mol. The van der Waals surface area contributed by atoms with Gasteiger partial charge in [-0.3, -0.25) is 10.1 Å². The van der Waals surface area contributed by atoms with Crippen molar-refractivity contribution in [2.75, 3.05) is 25.1 Å². The highest BCUT2D eigenvalue weighted by molar-refractivity contribution is 7.80. The second-order valence-electron chi connectivity index (χ2n) is 4.96. The molecule has 2 rings (SSSR count). The molecule has 0 bridgehead atoms. The summed E-state index contributed by atoms with van der Waals surface area (Å²) in [5.74, 6) is 0.288. The monoisotopic (exact) mass is 378 g/mol. The van der Waals surface area contributed by atoms with Gasteiger partial charge in [0.15, 0.2) is 5.11 Å². The molecule has 1 amide bonds. The number of ether oxygens (including phenoxy) is 2. The molecule has 0 heterocycles. The number of hydrogen-bond acceptors (Lipinski definition) is 4. The number of anilines is 1. The van der Waals surface area contributed by atoms with E-state index < -0.39 is 0 Å². The molecular formula is C18H19ClN2O3S. The van der Waals surface area contributed by atoms with Crippen molar-refractivity contribution < 1.29 is 14.3 Å². The van der Waals surface area contributed by atoms with Gasteiger partial charge in [0.1, 0.15) is 12.4 Å². The van der Waals surface area contributed by atoms with Crippen LogP contribution >= 0.6 is 23.8 Å². The lowest BCUT2D eigenvalue weighted by Crippen LogP contribution is -2.34. The van der Waals surface area contributed by atoms with Gasteiger partial charge in [0.05, 0.1) is 12.3 Å². The Morgan fingerprint density at radius 3 is 2.72 bits per heavy atom. The van der Waals surface area contributed by atoms with E-state index in [4.69, 9.17) is 33.3 Å². The van der Waals surface area contributed by atoms with E-state index in [1.54, 1.807) is 24.3 Å². The van der Waals surface area contributed by atoms with Crippen LogP contribution in [0.3, 0.4) is 0 Å². The zero-order valence-electron chi connectivity index (χ0n) is 13.8. The first-order valence-electron chi connectivity index (χ1n) is 7.77. The molecule has 0 saturated carbocycles. The molecular weight excluding hydrogens is 360 g/mol. The van der Waals surface area contributed by atoms with E-state index in [9.17, 15) is 4.79 Å². The normalized spacial score (nSPS) is 10.2. The summed E-state index contributed by atoms with van der Waals surface area (Å²) in [5.41, 5.74) is 1.09. The summed E-state index contributed by atoms with van der Waals surface area (Å²) >= 11 is 11.1. The van der Waals surface area contributed by atoms with Gasteiger partial charge in [0.25, 0.3) is 5.91 Å². The maximum Gasteiger partial charge on any atom is 0.257 e. The first kappa shape index (κ1) is 19.2. The van der Waals surface area contributed by atoms with Crippen molar-refractivity contribution in [3.63, 3.8) is 0 Å². The maximum absolute atomic E-state index is 12.2. The third kappa shape index (κ3) is 6.34. The Kier molecular flexibility index (Phi) is 7.66. The van der Waals surface area contributed by atoms with Gasteiger partial charge in [0, 0.05) is 17.2 Å². The third-order valence-electron chi connectivity index (χ3n) is 3.14. The molecule has 0 saturated heterocycles. The van der Waals surface area contributed by atoms with E-state index in [1.807, 2.05) is 31.2 Å². The molecule has 0 aromatic heterocycles. The first-order chi connectivity index (χ1) is 12.1. The smallest absolute Gasteiger partial charge is 0.257 e. The molecule has 2 aromatic rings. The Hall–Kier alpha value is -2.15. The summed E-state index contributed by atoms with van der Waals surface area (Å²) < 4.78 is 10.9. The van der Waals surface area contributed by atoms with Gasteiger partial charge in [-0.1, -0.05) is 29.8 Å². The molecule has 25 heavy (non-hydrogen) atoms. The van der Waals surface area contributed by atoms with Crippen molar-refractivity contribution in [1.29, 1.82) is 0 Å². The lowest BCUT2D eigenvalue weighted by atomic mass is 10.2. The molecule has 0 spiro atoms. The van der Waals surface area contributed by atoms with Gasteiger partial charge in [-0.2, -0.15) is 0 Å². The molecule has 132 valence electrons. The molecule has 0 aliphatic carbocycles. The minimum atomic E-state index is -0.338. The Labute approximate surface area is 157 Å². The fraction of sp³-hybridized carbons (Fsp3) is 0.222. The number of para-hydroxylation sites is 2. The van der Waals surface area contributed by atoms with E-state index in [2.05, 4.69) is 10.6 Å². The number of carbonyl (C=O) groups excluding carboxylic acids is 1. The number of carbonyl (C=O) groups is 1. The molecule has 2 N–H and O–H groups in total. The quantitative estimate of drug-likeness (QED) is 0.565. The fourth-order valence-electron chi connectivity index (χ4n) is 2.01. The van der Waals surface area contributed by atoms with Gasteiger partial charge in [-0.05, 0) is 49.5 Å². The molecule has 0 unspecified atom stereocenters. The number of halogens is 1. The van der Waals surface area contributed by atoms with E-state index >= 15 is 0 Å². The average Bonchev–Trinajstić information content (AvgIpc) is 2.60. The first-order valence-corrected chi connectivity index (χ1v) is 8.56. The molecule has 5 nitrogen and oxygen atoms in total. The van der Waals surface area contributed by atoms with Crippen LogP contribution in [0, 0.1) is 0 Å². The van der Waals surface area contributed by atoms with Gasteiger partial charge >= 0.3 is 0 Å². The standard InChI is InChI=1S/C18H19ClN2O3S/c1-2-23-10-11-24-16-9-4-3-8-15(16)20-18(25)21-17(22)13-6-5-7-14(19)12-13/h3-9,12H,2,10-11H2,1H3,(H2,20,21,22,25). The highest BCUT2D eigenvalue weighted by Crippen LogP contribution is 2.23. The third-order valence-corrected chi connectivity index (χ3v) is 3.58. The van der Waals surface area contributed by atoms with Crippen LogP contribution < -0.4 is 15.4 Å². The molecule has 0 radical (unpaired) electrons. The SMILES string of the molecule is CCOCCOc1ccccc1NC(=S)NC(=O)c1cccc(Cl)c1. The van der Waals surface area contributed by atoms with Crippen molar-refractivity contribution in [2.45, 2.75) is 6.92 Å². The highest BCUT2D eigenvalue weighted by atomic mass is 35.5. The Bertz CT molecular complexity index is 740. The van der Waals surface area contributed by atoms with Gasteiger partial charge < -0.3 is 14.8 Å². The van der Waals surface area contributed by atoms with E-state index in [0.29, 0.717) is 41.8 Å². The summed E-state index contributed by atoms with van der Waals surface area (Å²) in [6.45, 7) is 3.49. The van der Waals surface area contributed by atoms with Crippen LogP contribution in [0.4, 0.5) is 5.69 Å². The number of amides is 1. The van der Waals surface area contributed by atoms with Crippen molar-refractivity contribution in [1.82, 2.24) is 5.32 Å². The molecule has 0 aliphatic rings. The topological polar surface area (TPSA) is 59.6 Å². The summed E-state index contributed by atoms with van der Waals surface area (Å²) in [7, 11) is 0. The summed E-state index contributed by atoms with van der Waals surface area (Å²) in [5, 5.41) is 6.24. The Balaban J connectivity index is 1.95. The number of benzene rings is 2. The molecule has 0 atom stereocenters. The minimum Gasteiger partial charge on any atom is -0.489 e. The second kappa shape index (κ2) is 9.98. The second-order valence-corrected chi connectivity index (χ2v) is 5.80. The summed E-state index contributed by atoms with van der Waals surface area (Å²) in [6, 6.07) is 14.0. The largest absolute Gasteiger partial charge is 0.489 e. The zero-order valence-corrected chi connectivity index (χ0v) is 15.3. The Morgan fingerprint density at radius 2 is 1.96 bits per heavy atom. The number of thiocarbonyl (C=S) groups is 1. The summed E-state index contributed by atoms with van der Waals surface area (Å²) in [6.07, 6.45) is 0. The van der Waals surface area contributed by atoms with Crippen molar-refractivity contribution in [3.8, 4) is 5.75 Å². The van der Waals surface area contributed by atoms with Crippen molar-refractivity contribution in [3.05, 3.63) is 59.1 Å². The van der Waals surface area contributed by atoms with E-state index in [-0.39, 0.29) is 11.0 Å². The van der Waals surface area contributed by atoms with Crippen LogP contribution in [0.5, 0.6) is 5.75 Å². The van der Waals surface area contributed by atoms with E-state index in [1.165, 1.54) is 0 Å². The van der Waals surface area contributed by atoms with Gasteiger partial charge in [0.2, 0.25) is 0 Å². The Morgan fingerprint density at radius 1 is 1.16 bits per heavy atom. The molecule has 7 heteroatoms. The predicted octanol–water partition coefficient (Wildman–Crippen LogP) is 3.88. The molecule has 0 fully saturated rings. The maximum atomic E-state index is 12.2. The molecule has 2 aromatic carbocycles. The zero-order chi connectivity index (χ0) is 18.1. The van der Waals surface area contributed by atoms with E-state index in [0.717, 1.165) is 0 Å². The summed E-state index contributed by atoms with van der Waals surface area (Å²) in [4.78, 5) is 12.2. The highest BCUT2D eigenvalue weighted by Gasteiger charge is 2.10. The van der Waals surface area contributed by atoms with Crippen LogP contribution in [0.15, 0.2) is 48.5 Å². The minimum absolute atomic E-state index is 0.172. The fourth-order valence-corrected chi connectivity index (χ4v) is 2.40.